The topological polar surface area (TPSA) is 80.9 Å². The molecule has 6 aromatic rings. The second kappa shape index (κ2) is 19.6. The van der Waals surface area contributed by atoms with Gasteiger partial charge in [-0.1, -0.05) is 133 Å². The summed E-state index contributed by atoms with van der Waals surface area (Å²) >= 11 is 0. The van der Waals surface area contributed by atoms with E-state index in [-0.39, 0.29) is 0 Å². The van der Waals surface area contributed by atoms with E-state index in [0.717, 1.165) is 0 Å². The number of hydrogen-bond donors (Lipinski definition) is 4. The van der Waals surface area contributed by atoms with Crippen LogP contribution in [0.2, 0.25) is 0 Å². The van der Waals surface area contributed by atoms with Gasteiger partial charge in [-0.3, -0.25) is 0 Å². The van der Waals surface area contributed by atoms with E-state index >= 15 is 0 Å². The van der Waals surface area contributed by atoms with E-state index in [4.69, 9.17) is 20.4 Å². The first-order valence-corrected chi connectivity index (χ1v) is 12.6. The Labute approximate surface area is 236 Å². The Balaban J connectivity index is 0.000000179. The lowest BCUT2D eigenvalue weighted by Gasteiger charge is -1.98. The summed E-state index contributed by atoms with van der Waals surface area (Å²) in [4.78, 5) is 0. The number of phenols is 4. The molecule has 0 aromatic heterocycles. The molecular formula is C36H34O4. The highest BCUT2D eigenvalue weighted by Crippen LogP contribution is 2.17. The van der Waals surface area contributed by atoms with E-state index in [1.807, 2.05) is 36.4 Å². The van der Waals surface area contributed by atoms with Gasteiger partial charge in [-0.25, -0.2) is 0 Å². The molecule has 40 heavy (non-hydrogen) atoms. The molecule has 0 aliphatic heterocycles. The largest absolute Gasteiger partial charge is 0.508 e. The number of hydrogen-bond acceptors (Lipinski definition) is 4. The normalized spacial score (nSPS) is 8.90. The zero-order valence-corrected chi connectivity index (χ0v) is 22.1. The van der Waals surface area contributed by atoms with E-state index in [0.29, 0.717) is 23.0 Å². The van der Waals surface area contributed by atoms with Crippen LogP contribution in [0.4, 0.5) is 0 Å². The van der Waals surface area contributed by atoms with Crippen molar-refractivity contribution in [2.75, 3.05) is 0 Å². The average molecular weight is 531 g/mol. The molecule has 0 unspecified atom stereocenters. The Morgan fingerprint density at radius 3 is 0.475 bits per heavy atom. The molecule has 0 aliphatic rings. The molecular weight excluding hydrogens is 496 g/mol. The zero-order chi connectivity index (χ0) is 28.7. The quantitative estimate of drug-likeness (QED) is 0.171. The maximum absolute atomic E-state index is 8.63. The molecule has 0 radical (unpaired) electrons. The molecule has 0 bridgehead atoms. The molecule has 0 fully saturated rings. The van der Waals surface area contributed by atoms with Gasteiger partial charge in [0.25, 0.3) is 0 Å². The summed E-state index contributed by atoms with van der Waals surface area (Å²) in [5, 5.41) is 34.5. The summed E-state index contributed by atoms with van der Waals surface area (Å²) in [5.74, 6) is 1.29. The number of rotatable bonds is 1. The van der Waals surface area contributed by atoms with Gasteiger partial charge in [0.15, 0.2) is 0 Å². The van der Waals surface area contributed by atoms with Crippen LogP contribution >= 0.6 is 0 Å². The second-order valence-corrected chi connectivity index (χ2v) is 8.07. The summed E-state index contributed by atoms with van der Waals surface area (Å²) < 4.78 is 0. The first-order valence-electron chi connectivity index (χ1n) is 12.6. The van der Waals surface area contributed by atoms with Gasteiger partial charge in [0.2, 0.25) is 0 Å². The van der Waals surface area contributed by atoms with Crippen LogP contribution < -0.4 is 0 Å². The van der Waals surface area contributed by atoms with Crippen LogP contribution in [-0.4, -0.2) is 20.4 Å². The average Bonchev–Trinajstić information content (AvgIpc) is 3.01. The third-order valence-electron chi connectivity index (χ3n) is 4.91. The molecule has 0 atom stereocenters. The van der Waals surface area contributed by atoms with Gasteiger partial charge in [-0.2, -0.15) is 0 Å². The highest BCUT2D eigenvalue weighted by Gasteiger charge is 1.91. The van der Waals surface area contributed by atoms with Crippen molar-refractivity contribution in [2.45, 2.75) is 0 Å². The maximum atomic E-state index is 8.63. The molecule has 4 heteroatoms. The van der Waals surface area contributed by atoms with Crippen molar-refractivity contribution >= 4 is 0 Å². The monoisotopic (exact) mass is 530 g/mol. The molecule has 0 amide bonds. The Morgan fingerprint density at radius 2 is 0.350 bits per heavy atom. The summed E-state index contributed by atoms with van der Waals surface area (Å²) in [7, 11) is 0. The van der Waals surface area contributed by atoms with Crippen LogP contribution in [0.25, 0.3) is 11.1 Å². The van der Waals surface area contributed by atoms with Crippen molar-refractivity contribution in [2.24, 2.45) is 0 Å². The van der Waals surface area contributed by atoms with Crippen LogP contribution in [0, 0.1) is 0 Å². The summed E-state index contributed by atoms with van der Waals surface area (Å²) in [5.41, 5.74) is 2.55. The van der Waals surface area contributed by atoms with Crippen LogP contribution in [0.5, 0.6) is 23.0 Å². The highest BCUT2D eigenvalue weighted by molar-refractivity contribution is 5.62. The van der Waals surface area contributed by atoms with Crippen LogP contribution in [-0.2, 0) is 0 Å². The Bertz CT molecular complexity index is 1190. The standard InChI is InChI=1S/C12H10.4C6H6O/c1-3-7-11(8-4-1)12-9-5-2-6-10-12;4*7-6-4-2-1-3-5-6/h1-10H;4*1-5,7H. The van der Waals surface area contributed by atoms with Crippen molar-refractivity contribution in [3.8, 4) is 34.1 Å². The third kappa shape index (κ3) is 14.9. The first kappa shape index (κ1) is 30.7. The van der Waals surface area contributed by atoms with Gasteiger partial charge < -0.3 is 20.4 Å². The molecule has 6 rings (SSSR count). The third-order valence-corrected chi connectivity index (χ3v) is 4.91. The second-order valence-electron chi connectivity index (χ2n) is 8.07. The molecule has 0 aliphatic carbocycles. The lowest BCUT2D eigenvalue weighted by molar-refractivity contribution is 0.475. The van der Waals surface area contributed by atoms with Gasteiger partial charge in [0, 0.05) is 0 Å². The van der Waals surface area contributed by atoms with Crippen molar-refractivity contribution in [3.63, 3.8) is 0 Å². The van der Waals surface area contributed by atoms with E-state index in [2.05, 4.69) is 48.5 Å². The van der Waals surface area contributed by atoms with Crippen molar-refractivity contribution in [1.82, 2.24) is 0 Å². The summed E-state index contributed by atoms with van der Waals surface area (Å²) in [6.07, 6.45) is 0. The van der Waals surface area contributed by atoms with Crippen LogP contribution in [0.3, 0.4) is 0 Å². The lowest BCUT2D eigenvalue weighted by Crippen LogP contribution is -1.73. The van der Waals surface area contributed by atoms with Gasteiger partial charge >= 0.3 is 0 Å². The maximum Gasteiger partial charge on any atom is 0.115 e. The van der Waals surface area contributed by atoms with Gasteiger partial charge in [-0.15, -0.1) is 0 Å². The van der Waals surface area contributed by atoms with E-state index in [9.17, 15) is 0 Å². The zero-order valence-electron chi connectivity index (χ0n) is 22.1. The number of para-hydroxylation sites is 4. The summed E-state index contributed by atoms with van der Waals surface area (Å²) in [6, 6.07) is 55.6. The highest BCUT2D eigenvalue weighted by atomic mass is 16.3. The summed E-state index contributed by atoms with van der Waals surface area (Å²) in [6.45, 7) is 0. The molecule has 0 saturated heterocycles. The minimum absolute atomic E-state index is 0.322. The Morgan fingerprint density at radius 1 is 0.200 bits per heavy atom. The minimum atomic E-state index is 0.322. The van der Waals surface area contributed by atoms with Crippen molar-refractivity contribution in [1.29, 1.82) is 0 Å². The predicted molar refractivity (Wildman–Crippen MR) is 164 cm³/mol. The van der Waals surface area contributed by atoms with Gasteiger partial charge in [-0.05, 0) is 59.7 Å². The predicted octanol–water partition coefficient (Wildman–Crippen LogP) is 8.92. The van der Waals surface area contributed by atoms with E-state index < -0.39 is 0 Å². The molecule has 0 saturated carbocycles. The molecule has 4 N–H and O–H groups in total. The molecule has 4 nitrogen and oxygen atoms in total. The van der Waals surface area contributed by atoms with Gasteiger partial charge in [0.1, 0.15) is 23.0 Å². The fraction of sp³-hybridized carbons (Fsp3) is 0. The fourth-order valence-electron chi connectivity index (χ4n) is 2.97. The van der Waals surface area contributed by atoms with Crippen LogP contribution in [0.1, 0.15) is 0 Å². The SMILES string of the molecule is Oc1ccccc1.Oc1ccccc1.Oc1ccccc1.Oc1ccccc1.c1ccc(-c2ccccc2)cc1. The minimum Gasteiger partial charge on any atom is -0.508 e. The van der Waals surface area contributed by atoms with Crippen molar-refractivity contribution in [3.05, 3.63) is 182 Å². The van der Waals surface area contributed by atoms with Crippen molar-refractivity contribution < 1.29 is 20.4 Å². The number of phenolic OH excluding ortho intramolecular Hbond substituents is 4. The number of aromatic hydroxyl groups is 4. The molecule has 202 valence electrons. The Hall–Kier alpha value is -5.48. The number of benzene rings is 6. The molecule has 6 aromatic carbocycles. The van der Waals surface area contributed by atoms with E-state index in [1.165, 1.54) is 11.1 Å². The fourth-order valence-corrected chi connectivity index (χ4v) is 2.97. The van der Waals surface area contributed by atoms with Crippen LogP contribution in [0.15, 0.2) is 182 Å². The van der Waals surface area contributed by atoms with E-state index in [1.54, 1.807) is 97.1 Å². The smallest absolute Gasteiger partial charge is 0.115 e. The van der Waals surface area contributed by atoms with Gasteiger partial charge in [0.05, 0.1) is 0 Å². The molecule has 0 heterocycles. The molecule has 0 spiro atoms. The lowest BCUT2D eigenvalue weighted by atomic mass is 10.1. The first-order chi connectivity index (χ1) is 19.5. The Kier molecular flexibility index (Phi) is 15.1.